The molecule has 4 atom stereocenters. The number of nitrogens with one attached hydrogen (secondary N) is 4. The minimum absolute atomic E-state index is 0.0622. The normalized spacial score (nSPS) is 13.7. The molecule has 0 aliphatic heterocycles. The molecule has 4 unspecified atom stereocenters. The molecule has 3 aromatic carbocycles. The van der Waals surface area contributed by atoms with Gasteiger partial charge in [0.15, 0.2) is 0 Å². The third kappa shape index (κ3) is 9.75. The van der Waals surface area contributed by atoms with Crippen LogP contribution in [0, 0.1) is 0 Å². The van der Waals surface area contributed by atoms with Crippen molar-refractivity contribution in [3.8, 4) is 0 Å². The highest BCUT2D eigenvalue weighted by Gasteiger charge is 2.31. The van der Waals surface area contributed by atoms with Gasteiger partial charge in [0.05, 0.1) is 6.04 Å². The molecule has 0 bridgehead atoms. The molecule has 4 rings (SSSR count). The average molecular weight is 627 g/mol. The number of rotatable bonds is 17. The predicted octanol–water partition coefficient (Wildman–Crippen LogP) is 2.19. The number of aromatic nitrogens is 1. The third-order valence-corrected chi connectivity index (χ3v) is 7.84. The summed E-state index contributed by atoms with van der Waals surface area (Å²) in [6, 6.07) is 21.6. The number of aliphatic carboxylic acids is 1. The molecule has 11 heteroatoms. The summed E-state index contributed by atoms with van der Waals surface area (Å²) >= 11 is 0. The van der Waals surface area contributed by atoms with Gasteiger partial charge in [0.2, 0.25) is 17.7 Å². The van der Waals surface area contributed by atoms with Crippen molar-refractivity contribution in [2.45, 2.75) is 62.7 Å². The Morgan fingerprint density at radius 3 is 1.89 bits per heavy atom. The van der Waals surface area contributed by atoms with Crippen LogP contribution < -0.4 is 27.4 Å². The van der Waals surface area contributed by atoms with E-state index in [1.54, 1.807) is 30.5 Å². The molecule has 0 fully saturated rings. The molecule has 1 aromatic heterocycles. The zero-order valence-corrected chi connectivity index (χ0v) is 25.7. The minimum atomic E-state index is -1.23. The van der Waals surface area contributed by atoms with Crippen LogP contribution in [-0.2, 0) is 38.4 Å². The van der Waals surface area contributed by atoms with Crippen LogP contribution in [0.3, 0.4) is 0 Å². The van der Waals surface area contributed by atoms with Crippen molar-refractivity contribution in [3.63, 3.8) is 0 Å². The lowest BCUT2D eigenvalue weighted by atomic mass is 10.0. The summed E-state index contributed by atoms with van der Waals surface area (Å²) in [5.74, 6) is -2.93. The molecule has 9 N–H and O–H groups in total. The number of aromatic amines is 1. The summed E-state index contributed by atoms with van der Waals surface area (Å²) in [5, 5.41) is 19.0. The van der Waals surface area contributed by atoms with Gasteiger partial charge in [-0.1, -0.05) is 78.9 Å². The van der Waals surface area contributed by atoms with Crippen molar-refractivity contribution >= 4 is 34.6 Å². The SMILES string of the molecule is NCCCCC(NC(=O)C(N)Cc1ccccc1)C(=O)NC(Cc1c[nH]c2ccccc12)C(=O)NC(Cc1ccccc1)C(=O)O. The van der Waals surface area contributed by atoms with Gasteiger partial charge in [-0.3, -0.25) is 14.4 Å². The Labute approximate surface area is 268 Å². The molecule has 0 saturated carbocycles. The standard InChI is InChI=1S/C35H42N6O5/c36-18-10-9-17-29(39-32(42)27(37)19-23-11-3-1-4-12-23)33(43)40-30(21-25-22-38-28-16-8-7-15-26(25)28)34(44)41-31(35(45)46)20-24-13-5-2-6-14-24/h1-8,11-16,22,27,29-31,38H,9-10,17-21,36-37H2,(H,39,42)(H,40,43)(H,41,44)(H,45,46). The first-order chi connectivity index (χ1) is 22.2. The summed E-state index contributed by atoms with van der Waals surface area (Å²) in [6.07, 6.45) is 3.66. The first-order valence-electron chi connectivity index (χ1n) is 15.5. The maximum absolute atomic E-state index is 13.8. The zero-order chi connectivity index (χ0) is 32.9. The quantitative estimate of drug-likeness (QED) is 0.0873. The van der Waals surface area contributed by atoms with Gasteiger partial charge >= 0.3 is 5.97 Å². The summed E-state index contributed by atoms with van der Waals surface area (Å²) in [6.45, 7) is 0.416. The van der Waals surface area contributed by atoms with Gasteiger partial charge in [-0.15, -0.1) is 0 Å². The monoisotopic (exact) mass is 626 g/mol. The molecule has 4 aromatic rings. The van der Waals surface area contributed by atoms with Crippen molar-refractivity contribution in [2.24, 2.45) is 11.5 Å². The number of benzene rings is 3. The van der Waals surface area contributed by atoms with E-state index in [1.807, 2.05) is 60.7 Å². The molecule has 242 valence electrons. The number of H-pyrrole nitrogens is 1. The number of carboxylic acid groups (broad SMARTS) is 1. The number of hydrogen-bond acceptors (Lipinski definition) is 6. The fraction of sp³-hybridized carbons (Fsp3) is 0.314. The summed E-state index contributed by atoms with van der Waals surface area (Å²) in [7, 11) is 0. The smallest absolute Gasteiger partial charge is 0.326 e. The number of carboxylic acids is 1. The van der Waals surface area contributed by atoms with Crippen molar-refractivity contribution in [1.29, 1.82) is 0 Å². The molecule has 1 heterocycles. The van der Waals surface area contributed by atoms with Crippen LogP contribution in [0.15, 0.2) is 91.1 Å². The van der Waals surface area contributed by atoms with Crippen molar-refractivity contribution in [1.82, 2.24) is 20.9 Å². The van der Waals surface area contributed by atoms with Crippen molar-refractivity contribution in [2.75, 3.05) is 6.54 Å². The lowest BCUT2D eigenvalue weighted by molar-refractivity contribution is -0.142. The van der Waals surface area contributed by atoms with Gasteiger partial charge in [-0.25, -0.2) is 4.79 Å². The van der Waals surface area contributed by atoms with Gasteiger partial charge in [-0.2, -0.15) is 0 Å². The molecule has 0 saturated heterocycles. The molecule has 11 nitrogen and oxygen atoms in total. The summed E-state index contributed by atoms with van der Waals surface area (Å²) < 4.78 is 0. The fourth-order valence-corrected chi connectivity index (χ4v) is 5.33. The molecular weight excluding hydrogens is 584 g/mol. The second kappa shape index (κ2) is 16.9. The van der Waals surface area contributed by atoms with E-state index in [0.717, 1.165) is 27.6 Å². The van der Waals surface area contributed by atoms with E-state index in [9.17, 15) is 24.3 Å². The van der Waals surface area contributed by atoms with Crippen LogP contribution in [0.5, 0.6) is 0 Å². The van der Waals surface area contributed by atoms with Gasteiger partial charge in [-0.05, 0) is 55.0 Å². The number of unbranched alkanes of at least 4 members (excludes halogenated alkanes) is 1. The number of hydrogen-bond donors (Lipinski definition) is 7. The van der Waals surface area contributed by atoms with E-state index in [1.165, 1.54) is 0 Å². The topological polar surface area (TPSA) is 192 Å². The third-order valence-electron chi connectivity index (χ3n) is 7.84. The van der Waals surface area contributed by atoms with Gasteiger partial charge < -0.3 is 37.5 Å². The van der Waals surface area contributed by atoms with Crippen molar-refractivity contribution < 1.29 is 24.3 Å². The average Bonchev–Trinajstić information content (AvgIpc) is 3.47. The molecule has 3 amide bonds. The lowest BCUT2D eigenvalue weighted by Gasteiger charge is -2.25. The number of para-hydroxylation sites is 1. The molecule has 46 heavy (non-hydrogen) atoms. The maximum Gasteiger partial charge on any atom is 0.326 e. The zero-order valence-electron chi connectivity index (χ0n) is 25.7. The largest absolute Gasteiger partial charge is 0.480 e. The Balaban J connectivity index is 1.54. The second-order valence-corrected chi connectivity index (χ2v) is 11.4. The Morgan fingerprint density at radius 1 is 0.674 bits per heavy atom. The van der Waals surface area contributed by atoms with E-state index < -0.39 is 47.9 Å². The minimum Gasteiger partial charge on any atom is -0.480 e. The second-order valence-electron chi connectivity index (χ2n) is 11.4. The Morgan fingerprint density at radius 2 is 1.24 bits per heavy atom. The Bertz CT molecular complexity index is 1590. The molecule has 0 aliphatic rings. The fourth-order valence-electron chi connectivity index (χ4n) is 5.33. The van der Waals surface area contributed by atoms with Gasteiger partial charge in [0.1, 0.15) is 18.1 Å². The molecule has 0 aliphatic carbocycles. The van der Waals surface area contributed by atoms with Crippen LogP contribution in [0.25, 0.3) is 10.9 Å². The highest BCUT2D eigenvalue weighted by molar-refractivity contribution is 5.95. The number of fused-ring (bicyclic) bond motifs is 1. The van der Waals surface area contributed by atoms with Crippen LogP contribution in [0.1, 0.15) is 36.0 Å². The highest BCUT2D eigenvalue weighted by atomic mass is 16.4. The first kappa shape index (κ1) is 33.9. The number of carbonyl (C=O) groups excluding carboxylic acids is 3. The van der Waals surface area contributed by atoms with Crippen LogP contribution in [-0.4, -0.2) is 64.5 Å². The van der Waals surface area contributed by atoms with E-state index in [-0.39, 0.29) is 25.7 Å². The van der Waals surface area contributed by atoms with Crippen LogP contribution in [0.2, 0.25) is 0 Å². The highest BCUT2D eigenvalue weighted by Crippen LogP contribution is 2.19. The maximum atomic E-state index is 13.8. The van der Waals surface area contributed by atoms with E-state index in [4.69, 9.17) is 11.5 Å². The summed E-state index contributed by atoms with van der Waals surface area (Å²) in [5.41, 5.74) is 15.1. The van der Waals surface area contributed by atoms with Gasteiger partial charge in [0.25, 0.3) is 0 Å². The lowest BCUT2D eigenvalue weighted by Crippen LogP contribution is -2.58. The predicted molar refractivity (Wildman–Crippen MR) is 177 cm³/mol. The van der Waals surface area contributed by atoms with Crippen LogP contribution >= 0.6 is 0 Å². The van der Waals surface area contributed by atoms with Gasteiger partial charge in [0, 0.05) is 29.9 Å². The first-order valence-corrected chi connectivity index (χ1v) is 15.5. The number of amides is 3. The molecule has 0 radical (unpaired) electrons. The molecular formula is C35H42N6O5. The van der Waals surface area contributed by atoms with Crippen molar-refractivity contribution in [3.05, 3.63) is 108 Å². The summed E-state index contributed by atoms with van der Waals surface area (Å²) in [4.78, 5) is 56.0. The number of nitrogens with two attached hydrogens (primary N) is 2. The van der Waals surface area contributed by atoms with E-state index >= 15 is 0 Å². The van der Waals surface area contributed by atoms with Crippen LogP contribution in [0.4, 0.5) is 0 Å². The van der Waals surface area contributed by atoms with E-state index in [2.05, 4.69) is 20.9 Å². The Kier molecular flexibility index (Phi) is 12.4. The Hall–Kier alpha value is -5.00. The molecule has 0 spiro atoms. The number of carbonyl (C=O) groups is 4. The van der Waals surface area contributed by atoms with E-state index in [0.29, 0.717) is 19.4 Å².